The minimum absolute atomic E-state index is 0.0530. The Labute approximate surface area is 167 Å². The first-order valence-electron chi connectivity index (χ1n) is 9.71. The lowest BCUT2D eigenvalue weighted by Gasteiger charge is -2.43. The number of carbonyl (C=O) groups excluding carboxylic acids is 1. The van der Waals surface area contributed by atoms with Crippen molar-refractivity contribution in [2.75, 3.05) is 0 Å². The largest absolute Gasteiger partial charge is 0.445 e. The molecule has 2 aliphatic heterocycles. The summed E-state index contributed by atoms with van der Waals surface area (Å²) < 4.78 is 34.5. The maximum absolute atomic E-state index is 12.7. The van der Waals surface area contributed by atoms with Crippen molar-refractivity contribution in [2.24, 2.45) is 0 Å². The van der Waals surface area contributed by atoms with Gasteiger partial charge in [0.2, 0.25) is 0 Å². The fourth-order valence-electron chi connectivity index (χ4n) is 4.50. The Morgan fingerprint density at radius 3 is 2.28 bits per heavy atom. The number of halogens is 2. The topological polar surface area (TPSA) is 59.0 Å². The predicted molar refractivity (Wildman–Crippen MR) is 101 cm³/mol. The molecule has 2 aliphatic rings. The second kappa shape index (κ2) is 7.99. The first-order valence-corrected chi connectivity index (χ1v) is 9.71. The van der Waals surface area contributed by atoms with Crippen LogP contribution in [0.15, 0.2) is 54.6 Å². The summed E-state index contributed by atoms with van der Waals surface area (Å²) >= 11 is 0. The zero-order valence-corrected chi connectivity index (χ0v) is 15.8. The van der Waals surface area contributed by atoms with Gasteiger partial charge in [0.15, 0.2) is 0 Å². The van der Waals surface area contributed by atoms with E-state index in [1.54, 1.807) is 17.0 Å². The Hall–Kier alpha value is -2.67. The van der Waals surface area contributed by atoms with Crippen molar-refractivity contribution in [3.8, 4) is 5.75 Å². The molecule has 7 heteroatoms. The molecule has 0 aliphatic carbocycles. The van der Waals surface area contributed by atoms with E-state index in [2.05, 4.69) is 4.74 Å². The minimum atomic E-state index is -2.88. The van der Waals surface area contributed by atoms with Crippen molar-refractivity contribution in [3.63, 3.8) is 0 Å². The number of carbonyl (C=O) groups is 1. The number of hydrogen-bond acceptors (Lipinski definition) is 4. The highest BCUT2D eigenvalue weighted by atomic mass is 19.3. The van der Waals surface area contributed by atoms with Crippen molar-refractivity contribution < 1.29 is 28.2 Å². The highest BCUT2D eigenvalue weighted by molar-refractivity contribution is 5.69. The van der Waals surface area contributed by atoms with Crippen molar-refractivity contribution in [1.29, 1.82) is 0 Å². The molecule has 0 radical (unpaired) electrons. The Balaban J connectivity index is 1.42. The second-order valence-corrected chi connectivity index (χ2v) is 7.68. The van der Waals surface area contributed by atoms with Crippen LogP contribution < -0.4 is 4.74 Å². The van der Waals surface area contributed by atoms with Crippen LogP contribution in [0.3, 0.4) is 0 Å². The molecule has 5 nitrogen and oxygen atoms in total. The second-order valence-electron chi connectivity index (χ2n) is 7.68. The molecule has 0 spiro atoms. The molecule has 154 valence electrons. The van der Waals surface area contributed by atoms with E-state index in [9.17, 15) is 18.7 Å². The van der Waals surface area contributed by atoms with E-state index in [1.165, 1.54) is 12.1 Å². The molecule has 2 atom stereocenters. The van der Waals surface area contributed by atoms with Gasteiger partial charge in [-0.2, -0.15) is 8.78 Å². The SMILES string of the molecule is O=C(OCc1ccccc1)N1C2CCC1CC(O)(c1ccc(OC(F)F)cc1)C2. The molecule has 0 aromatic heterocycles. The van der Waals surface area contributed by atoms with Crippen molar-refractivity contribution in [1.82, 2.24) is 4.90 Å². The fourth-order valence-corrected chi connectivity index (χ4v) is 4.50. The molecule has 2 aromatic carbocycles. The number of benzene rings is 2. The van der Waals surface area contributed by atoms with Crippen LogP contribution in [0.2, 0.25) is 0 Å². The zero-order valence-electron chi connectivity index (χ0n) is 15.8. The van der Waals surface area contributed by atoms with Crippen molar-refractivity contribution in [3.05, 3.63) is 65.7 Å². The zero-order chi connectivity index (χ0) is 20.4. The van der Waals surface area contributed by atoms with E-state index >= 15 is 0 Å². The Bertz CT molecular complexity index is 830. The first-order chi connectivity index (χ1) is 13.9. The van der Waals surface area contributed by atoms with Gasteiger partial charge < -0.3 is 19.5 Å². The number of ether oxygens (including phenoxy) is 2. The van der Waals surface area contributed by atoms with Gasteiger partial charge in [-0.15, -0.1) is 0 Å². The summed E-state index contributed by atoms with van der Waals surface area (Å²) in [4.78, 5) is 14.4. The van der Waals surface area contributed by atoms with E-state index in [4.69, 9.17) is 4.74 Å². The average Bonchev–Trinajstić information content (AvgIpc) is 2.99. The van der Waals surface area contributed by atoms with E-state index in [0.29, 0.717) is 18.4 Å². The molecule has 1 N–H and O–H groups in total. The van der Waals surface area contributed by atoms with Crippen LogP contribution >= 0.6 is 0 Å². The third kappa shape index (κ3) is 4.19. The van der Waals surface area contributed by atoms with Crippen LogP contribution in [0.5, 0.6) is 5.75 Å². The van der Waals surface area contributed by atoms with Gasteiger partial charge in [0.05, 0.1) is 5.60 Å². The molecule has 0 saturated carbocycles. The van der Waals surface area contributed by atoms with Crippen LogP contribution in [-0.4, -0.2) is 34.8 Å². The van der Waals surface area contributed by atoms with Crippen LogP contribution in [-0.2, 0) is 16.9 Å². The summed E-state index contributed by atoms with van der Waals surface area (Å²) in [7, 11) is 0. The molecule has 2 bridgehead atoms. The van der Waals surface area contributed by atoms with Gasteiger partial charge in [-0.3, -0.25) is 0 Å². The van der Waals surface area contributed by atoms with Crippen molar-refractivity contribution >= 4 is 6.09 Å². The summed E-state index contributed by atoms with van der Waals surface area (Å²) in [6, 6.07) is 15.4. The summed E-state index contributed by atoms with van der Waals surface area (Å²) in [5.41, 5.74) is 0.465. The number of alkyl halides is 2. The monoisotopic (exact) mass is 403 g/mol. The molecule has 2 fully saturated rings. The number of hydrogen-bond donors (Lipinski definition) is 1. The molecule has 1 amide bonds. The number of rotatable bonds is 5. The molecular weight excluding hydrogens is 380 g/mol. The van der Waals surface area contributed by atoms with Crippen molar-refractivity contribution in [2.45, 2.75) is 56.6 Å². The van der Waals surface area contributed by atoms with Crippen LogP contribution in [0.4, 0.5) is 13.6 Å². The summed E-state index contributed by atoms with van der Waals surface area (Å²) in [5, 5.41) is 11.2. The molecule has 4 rings (SSSR count). The first kappa shape index (κ1) is 19.6. The lowest BCUT2D eigenvalue weighted by atomic mass is 9.80. The Kier molecular flexibility index (Phi) is 5.41. The maximum atomic E-state index is 12.7. The third-order valence-corrected chi connectivity index (χ3v) is 5.80. The normalized spacial score (nSPS) is 25.9. The van der Waals surface area contributed by atoms with Crippen LogP contribution in [0.1, 0.15) is 36.8 Å². The summed E-state index contributed by atoms with van der Waals surface area (Å²) in [6.45, 7) is -2.67. The molecule has 2 saturated heterocycles. The summed E-state index contributed by atoms with van der Waals surface area (Å²) in [6.07, 6.45) is 2.03. The van der Waals surface area contributed by atoms with Gasteiger partial charge in [0.25, 0.3) is 0 Å². The third-order valence-electron chi connectivity index (χ3n) is 5.80. The number of piperidine rings is 1. The molecular formula is C22H23F2NO4. The van der Waals surface area contributed by atoms with Gasteiger partial charge in [0, 0.05) is 24.9 Å². The quantitative estimate of drug-likeness (QED) is 0.802. The Morgan fingerprint density at radius 1 is 1.07 bits per heavy atom. The van der Waals surface area contributed by atoms with Gasteiger partial charge >= 0.3 is 12.7 Å². The smallest absolute Gasteiger partial charge is 0.410 e. The standard InChI is InChI=1S/C22H23F2NO4/c23-20(24)29-19-10-6-16(7-11-19)22(27)12-17-8-9-18(13-22)25(17)21(26)28-14-15-4-2-1-3-5-15/h1-7,10-11,17-18,20,27H,8-9,12-14H2. The molecule has 2 heterocycles. The number of amides is 1. The lowest BCUT2D eigenvalue weighted by Crippen LogP contribution is -2.52. The van der Waals surface area contributed by atoms with E-state index in [0.717, 1.165) is 18.4 Å². The molecule has 2 unspecified atom stereocenters. The predicted octanol–water partition coefficient (Wildman–Crippen LogP) is 4.44. The van der Waals surface area contributed by atoms with Gasteiger partial charge in [-0.25, -0.2) is 4.79 Å². The van der Waals surface area contributed by atoms with E-state index in [1.807, 2.05) is 30.3 Å². The molecule has 2 aromatic rings. The highest BCUT2D eigenvalue weighted by Gasteiger charge is 2.50. The fraction of sp³-hybridized carbons (Fsp3) is 0.409. The van der Waals surface area contributed by atoms with Crippen LogP contribution in [0, 0.1) is 0 Å². The van der Waals surface area contributed by atoms with E-state index < -0.39 is 12.2 Å². The van der Waals surface area contributed by atoms with Gasteiger partial charge in [-0.05, 0) is 36.1 Å². The lowest BCUT2D eigenvalue weighted by molar-refractivity contribution is -0.0542. The highest BCUT2D eigenvalue weighted by Crippen LogP contribution is 2.46. The number of nitrogens with zero attached hydrogens (tertiary/aromatic N) is 1. The Morgan fingerprint density at radius 2 is 1.69 bits per heavy atom. The van der Waals surface area contributed by atoms with Gasteiger partial charge in [-0.1, -0.05) is 42.5 Å². The number of fused-ring (bicyclic) bond motifs is 2. The average molecular weight is 403 g/mol. The number of aliphatic hydroxyl groups is 1. The van der Waals surface area contributed by atoms with Crippen LogP contribution in [0.25, 0.3) is 0 Å². The van der Waals surface area contributed by atoms with Gasteiger partial charge in [0.1, 0.15) is 12.4 Å². The minimum Gasteiger partial charge on any atom is -0.445 e. The molecule has 29 heavy (non-hydrogen) atoms. The maximum Gasteiger partial charge on any atom is 0.410 e. The van der Waals surface area contributed by atoms with E-state index in [-0.39, 0.29) is 30.5 Å². The summed E-state index contributed by atoms with van der Waals surface area (Å²) in [5.74, 6) is 0.0530.